The third kappa shape index (κ3) is 3.78. The highest BCUT2D eigenvalue weighted by Crippen LogP contribution is 2.74. The number of ether oxygens (including phenoxy) is 5. The summed E-state index contributed by atoms with van der Waals surface area (Å²) in [5.74, 6) is -3.04. The fourth-order valence-corrected chi connectivity index (χ4v) is 8.85. The molecule has 42 heavy (non-hydrogen) atoms. The summed E-state index contributed by atoms with van der Waals surface area (Å²) in [6, 6.07) is 1.72. The molecule has 11 heteroatoms. The van der Waals surface area contributed by atoms with Crippen molar-refractivity contribution in [3.05, 3.63) is 36.3 Å². The number of hydrogen-bond acceptors (Lipinski definition) is 11. The van der Waals surface area contributed by atoms with Crippen LogP contribution in [-0.2, 0) is 42.9 Å². The molecule has 3 heterocycles. The highest BCUT2D eigenvalue weighted by atomic mass is 16.6. The minimum Gasteiger partial charge on any atom is -0.472 e. The largest absolute Gasteiger partial charge is 0.472 e. The van der Waals surface area contributed by atoms with Gasteiger partial charge in [0, 0.05) is 36.7 Å². The van der Waals surface area contributed by atoms with E-state index in [9.17, 15) is 24.3 Å². The topological polar surface area (TPSA) is 148 Å². The Labute approximate surface area is 244 Å². The fraction of sp³-hybridized carbons (Fsp3) is 0.677. The maximum atomic E-state index is 13.4. The molecule has 2 bridgehead atoms. The maximum absolute atomic E-state index is 13.4. The summed E-state index contributed by atoms with van der Waals surface area (Å²) in [6.07, 6.45) is -1.24. The first kappa shape index (κ1) is 30.3. The molecule has 5 rings (SSSR count). The van der Waals surface area contributed by atoms with E-state index in [-0.39, 0.29) is 19.3 Å². The quantitative estimate of drug-likeness (QED) is 0.306. The first-order chi connectivity index (χ1) is 19.5. The molecule has 0 unspecified atom stereocenters. The monoisotopic (exact) mass is 588 g/mol. The number of cyclic esters (lactones) is 1. The van der Waals surface area contributed by atoms with Crippen molar-refractivity contribution in [3.8, 4) is 0 Å². The van der Waals surface area contributed by atoms with E-state index >= 15 is 0 Å². The van der Waals surface area contributed by atoms with Crippen molar-refractivity contribution in [3.63, 3.8) is 0 Å². The van der Waals surface area contributed by atoms with Crippen molar-refractivity contribution in [2.45, 2.75) is 103 Å². The maximum Gasteiger partial charge on any atom is 0.309 e. The normalized spacial score (nSPS) is 42.0. The summed E-state index contributed by atoms with van der Waals surface area (Å²) in [5.41, 5.74) is -5.21. The predicted molar refractivity (Wildman–Crippen MR) is 144 cm³/mol. The second-order valence-electron chi connectivity index (χ2n) is 13.2. The Morgan fingerprint density at radius 2 is 1.81 bits per heavy atom. The lowest BCUT2D eigenvalue weighted by molar-refractivity contribution is -0.368. The third-order valence-corrected chi connectivity index (χ3v) is 11.0. The molecule has 0 amide bonds. The molecule has 230 valence electrons. The van der Waals surface area contributed by atoms with Crippen LogP contribution in [0.1, 0.15) is 78.9 Å². The number of hydrogen-bond donors (Lipinski definition) is 1. The number of methoxy groups -OCH3 is 1. The first-order valence-corrected chi connectivity index (χ1v) is 14.2. The molecule has 4 aliphatic rings. The Morgan fingerprint density at radius 3 is 2.38 bits per heavy atom. The van der Waals surface area contributed by atoms with Gasteiger partial charge in [-0.2, -0.15) is 0 Å². The molecule has 2 aliphatic carbocycles. The second kappa shape index (κ2) is 9.67. The number of esters is 4. The standard InChI is InChI=1S/C31H40O11/c1-16-30(41-18(3)33)11-10-28(6)25(19-9-12-38-15-19)40-22(35)14-31(16,28)42-26-23(39-17(2)32)24(36)27(4,5)20(29(26,30)7)13-21(34)37-8/h9,12,15,20,23-26,36H,1,10-11,13-14H2,2-8H3/t20-,23-,24+,25+,26+,28-,29-,30-,31-/m0/s1. The van der Waals surface area contributed by atoms with E-state index < -0.39 is 81.7 Å². The summed E-state index contributed by atoms with van der Waals surface area (Å²) in [7, 11) is 1.28. The number of aliphatic hydroxyl groups excluding tert-OH is 1. The van der Waals surface area contributed by atoms with E-state index in [2.05, 4.69) is 6.58 Å². The molecule has 1 aromatic rings. The van der Waals surface area contributed by atoms with Gasteiger partial charge in [-0.15, -0.1) is 0 Å². The summed E-state index contributed by atoms with van der Waals surface area (Å²) in [5, 5.41) is 11.8. The molecule has 1 aromatic heterocycles. The predicted octanol–water partition coefficient (Wildman–Crippen LogP) is 3.58. The van der Waals surface area contributed by atoms with Crippen molar-refractivity contribution < 1.29 is 52.4 Å². The molecule has 2 saturated carbocycles. The molecule has 11 nitrogen and oxygen atoms in total. The average molecular weight is 589 g/mol. The van der Waals surface area contributed by atoms with Gasteiger partial charge in [0.1, 0.15) is 23.4 Å². The number of carbonyl (C=O) groups is 4. The highest BCUT2D eigenvalue weighted by molar-refractivity contribution is 5.76. The minimum absolute atomic E-state index is 0.149. The van der Waals surface area contributed by atoms with Crippen LogP contribution in [0.3, 0.4) is 0 Å². The molecule has 9 atom stereocenters. The van der Waals surface area contributed by atoms with Gasteiger partial charge in [-0.05, 0) is 35.8 Å². The number of rotatable bonds is 5. The fourth-order valence-electron chi connectivity index (χ4n) is 8.85. The third-order valence-electron chi connectivity index (χ3n) is 11.0. The summed E-state index contributed by atoms with van der Waals surface area (Å²) >= 11 is 0. The summed E-state index contributed by atoms with van der Waals surface area (Å²) < 4.78 is 35.6. The van der Waals surface area contributed by atoms with E-state index in [4.69, 9.17) is 28.1 Å². The average Bonchev–Trinajstić information content (AvgIpc) is 3.44. The zero-order valence-electron chi connectivity index (χ0n) is 25.2. The van der Waals surface area contributed by atoms with Gasteiger partial charge < -0.3 is 33.2 Å². The SMILES string of the molecule is C=C1[C@@]2(OC(C)=O)CC[C@@]3(C)[C@@H](c4ccoc4)OC(=O)C[C@]13O[C@@H]1[C@@H](OC(C)=O)[C@@H](O)C(C)(C)[C@H](CC(=O)OC)[C@@]12C. The molecule has 0 aromatic carbocycles. The Balaban J connectivity index is 1.81. The Kier molecular flexibility index (Phi) is 6.97. The smallest absolute Gasteiger partial charge is 0.309 e. The van der Waals surface area contributed by atoms with E-state index in [1.807, 2.05) is 13.8 Å². The van der Waals surface area contributed by atoms with E-state index in [0.29, 0.717) is 17.6 Å². The van der Waals surface area contributed by atoms with Gasteiger partial charge in [-0.1, -0.05) is 34.3 Å². The van der Waals surface area contributed by atoms with Crippen LogP contribution in [0.15, 0.2) is 35.2 Å². The van der Waals surface area contributed by atoms with Crippen molar-refractivity contribution in [2.75, 3.05) is 7.11 Å². The molecule has 4 fully saturated rings. The number of aliphatic hydroxyl groups is 1. The van der Waals surface area contributed by atoms with Crippen LogP contribution < -0.4 is 0 Å². The van der Waals surface area contributed by atoms with Crippen LogP contribution >= 0.6 is 0 Å². The zero-order valence-corrected chi connectivity index (χ0v) is 25.2. The van der Waals surface area contributed by atoms with Crippen LogP contribution in [0.4, 0.5) is 0 Å². The number of carbonyl (C=O) groups excluding carboxylic acids is 4. The van der Waals surface area contributed by atoms with E-state index in [1.54, 1.807) is 19.9 Å². The molecule has 1 spiro atoms. The van der Waals surface area contributed by atoms with E-state index in [0.717, 1.165) is 0 Å². The van der Waals surface area contributed by atoms with Gasteiger partial charge >= 0.3 is 23.9 Å². The summed E-state index contributed by atoms with van der Waals surface area (Å²) in [4.78, 5) is 51.7. The molecule has 2 aliphatic heterocycles. The lowest BCUT2D eigenvalue weighted by Gasteiger charge is -2.74. The van der Waals surface area contributed by atoms with Crippen molar-refractivity contribution >= 4 is 23.9 Å². The zero-order chi connectivity index (χ0) is 31.0. The van der Waals surface area contributed by atoms with Crippen LogP contribution in [0.5, 0.6) is 0 Å². The molecular weight excluding hydrogens is 548 g/mol. The van der Waals surface area contributed by atoms with Crippen LogP contribution in [0, 0.1) is 22.2 Å². The van der Waals surface area contributed by atoms with Gasteiger partial charge in [-0.25, -0.2) is 0 Å². The Morgan fingerprint density at radius 1 is 1.12 bits per heavy atom. The van der Waals surface area contributed by atoms with Gasteiger partial charge in [-0.3, -0.25) is 19.2 Å². The summed E-state index contributed by atoms with van der Waals surface area (Å²) in [6.45, 7) is 14.3. The molecule has 1 N–H and O–H groups in total. The second-order valence-corrected chi connectivity index (χ2v) is 13.2. The Hall–Kier alpha value is -3.18. The van der Waals surface area contributed by atoms with Crippen molar-refractivity contribution in [1.29, 1.82) is 0 Å². The number of fused-ring (bicyclic) bond motifs is 3. The molecule has 0 radical (unpaired) electrons. The highest BCUT2D eigenvalue weighted by Gasteiger charge is 2.81. The van der Waals surface area contributed by atoms with Gasteiger partial charge in [0.2, 0.25) is 0 Å². The van der Waals surface area contributed by atoms with Crippen LogP contribution in [0.2, 0.25) is 0 Å². The van der Waals surface area contributed by atoms with Gasteiger partial charge in [0.05, 0.1) is 32.2 Å². The molecule has 2 saturated heterocycles. The van der Waals surface area contributed by atoms with E-state index in [1.165, 1.54) is 33.5 Å². The minimum atomic E-state index is -1.48. The van der Waals surface area contributed by atoms with Crippen LogP contribution in [0.25, 0.3) is 0 Å². The van der Waals surface area contributed by atoms with Gasteiger partial charge in [0.25, 0.3) is 0 Å². The Bertz CT molecular complexity index is 1320. The van der Waals surface area contributed by atoms with Gasteiger partial charge in [0.15, 0.2) is 6.10 Å². The molecular formula is C31H40O11. The van der Waals surface area contributed by atoms with Crippen LogP contribution in [-0.4, -0.2) is 65.6 Å². The number of furan rings is 1. The van der Waals surface area contributed by atoms with Crippen molar-refractivity contribution in [1.82, 2.24) is 0 Å². The lowest BCUT2D eigenvalue weighted by atomic mass is 9.39. The lowest BCUT2D eigenvalue weighted by Crippen LogP contribution is -2.82. The van der Waals surface area contributed by atoms with Crippen molar-refractivity contribution in [2.24, 2.45) is 22.2 Å². The first-order valence-electron chi connectivity index (χ1n) is 14.2.